The number of nitrogens with zero attached hydrogens (tertiary/aromatic N) is 1. The van der Waals surface area contributed by atoms with Crippen molar-refractivity contribution in [2.45, 2.75) is 11.8 Å². The largest absolute Gasteiger partial charge is 0.493 e. The monoisotopic (exact) mass is 413 g/mol. The van der Waals surface area contributed by atoms with Gasteiger partial charge in [-0.2, -0.15) is 0 Å². The number of hydrogen-bond donors (Lipinski definition) is 0. The van der Waals surface area contributed by atoms with Crippen LogP contribution in [0.3, 0.4) is 0 Å². The minimum atomic E-state index is -4.12. The molecule has 146 valence electrons. The van der Waals surface area contributed by atoms with Crippen molar-refractivity contribution in [1.29, 1.82) is 0 Å². The second kappa shape index (κ2) is 8.49. The Morgan fingerprint density at radius 2 is 1.74 bits per heavy atom. The summed E-state index contributed by atoms with van der Waals surface area (Å²) in [4.78, 5) is 11.8. The highest BCUT2D eigenvalue weighted by atomic mass is 35.5. The molecule has 0 spiro atoms. The lowest BCUT2D eigenvalue weighted by molar-refractivity contribution is -0.138. The molecule has 0 saturated carbocycles. The van der Waals surface area contributed by atoms with Gasteiger partial charge >= 0.3 is 5.97 Å². The van der Waals surface area contributed by atoms with Crippen LogP contribution < -0.4 is 13.8 Å². The average Bonchev–Trinajstić information content (AvgIpc) is 2.67. The van der Waals surface area contributed by atoms with E-state index >= 15 is 0 Å². The van der Waals surface area contributed by atoms with Crippen LogP contribution in [0.1, 0.15) is 5.56 Å². The summed E-state index contributed by atoms with van der Waals surface area (Å²) in [5.74, 6) is -0.0762. The minimum absolute atomic E-state index is 0.0663. The van der Waals surface area contributed by atoms with Crippen molar-refractivity contribution in [3.63, 3.8) is 0 Å². The molecular formula is C18H20ClNO6S. The molecule has 9 heteroatoms. The third-order valence-electron chi connectivity index (χ3n) is 3.95. The minimum Gasteiger partial charge on any atom is -0.493 e. The molecule has 0 radical (unpaired) electrons. The van der Waals surface area contributed by atoms with E-state index in [9.17, 15) is 13.2 Å². The average molecular weight is 414 g/mol. The number of benzene rings is 2. The highest BCUT2D eigenvalue weighted by molar-refractivity contribution is 7.92. The summed E-state index contributed by atoms with van der Waals surface area (Å²) < 4.78 is 42.5. The molecule has 0 aromatic heterocycles. The van der Waals surface area contributed by atoms with Crippen molar-refractivity contribution in [3.8, 4) is 11.5 Å². The zero-order valence-corrected chi connectivity index (χ0v) is 16.9. The Hall–Kier alpha value is -2.45. The molecule has 0 unspecified atom stereocenters. The van der Waals surface area contributed by atoms with Crippen LogP contribution in [-0.4, -0.2) is 42.3 Å². The first-order valence-electron chi connectivity index (χ1n) is 7.83. The van der Waals surface area contributed by atoms with Crippen LogP contribution in [0.4, 0.5) is 5.69 Å². The lowest BCUT2D eigenvalue weighted by Gasteiger charge is -2.25. The summed E-state index contributed by atoms with van der Waals surface area (Å²) in [6.45, 7) is 1.17. The Morgan fingerprint density at radius 3 is 2.33 bits per heavy atom. The molecule has 7 nitrogen and oxygen atoms in total. The molecule has 0 heterocycles. The highest BCUT2D eigenvalue weighted by Gasteiger charge is 2.30. The van der Waals surface area contributed by atoms with E-state index in [0.29, 0.717) is 16.3 Å². The molecule has 2 rings (SSSR count). The lowest BCUT2D eigenvalue weighted by Crippen LogP contribution is -2.36. The van der Waals surface area contributed by atoms with Gasteiger partial charge < -0.3 is 14.2 Å². The van der Waals surface area contributed by atoms with Crippen LogP contribution in [0.5, 0.6) is 11.5 Å². The molecule has 0 atom stereocenters. The fourth-order valence-corrected chi connectivity index (χ4v) is 4.10. The van der Waals surface area contributed by atoms with E-state index in [2.05, 4.69) is 4.74 Å². The Bertz CT molecular complexity index is 945. The SMILES string of the molecule is COC(=O)CN(c1cccc(Cl)c1C)S(=O)(=O)c1ccc(OC)c(OC)c1. The fraction of sp³-hybridized carbons (Fsp3) is 0.278. The van der Waals surface area contributed by atoms with E-state index in [0.717, 1.165) is 4.31 Å². The van der Waals surface area contributed by atoms with E-state index < -0.39 is 22.5 Å². The molecule has 0 N–H and O–H groups in total. The van der Waals surface area contributed by atoms with Gasteiger partial charge in [-0.3, -0.25) is 9.10 Å². The zero-order valence-electron chi connectivity index (χ0n) is 15.4. The second-order valence-electron chi connectivity index (χ2n) is 5.49. The number of methoxy groups -OCH3 is 3. The van der Waals surface area contributed by atoms with E-state index in [1.54, 1.807) is 25.1 Å². The van der Waals surface area contributed by atoms with Crippen molar-refractivity contribution < 1.29 is 27.4 Å². The lowest BCUT2D eigenvalue weighted by atomic mass is 10.2. The van der Waals surface area contributed by atoms with Crippen LogP contribution >= 0.6 is 11.6 Å². The summed E-state index contributed by atoms with van der Waals surface area (Å²) >= 11 is 6.14. The van der Waals surface area contributed by atoms with Crippen molar-refractivity contribution in [2.75, 3.05) is 32.2 Å². The third kappa shape index (κ3) is 4.28. The Morgan fingerprint density at radius 1 is 1.07 bits per heavy atom. The third-order valence-corrected chi connectivity index (χ3v) is 6.12. The van der Waals surface area contributed by atoms with Gasteiger partial charge in [0.15, 0.2) is 11.5 Å². The van der Waals surface area contributed by atoms with Crippen molar-refractivity contribution in [3.05, 3.63) is 47.0 Å². The van der Waals surface area contributed by atoms with Gasteiger partial charge in [-0.15, -0.1) is 0 Å². The quantitative estimate of drug-likeness (QED) is 0.649. The number of carbonyl (C=O) groups is 1. The summed E-state index contributed by atoms with van der Waals surface area (Å²) in [5, 5.41) is 0.380. The maximum Gasteiger partial charge on any atom is 0.326 e. The fourth-order valence-electron chi connectivity index (χ4n) is 2.45. The molecule has 2 aromatic rings. The normalized spacial score (nSPS) is 11.0. The van der Waals surface area contributed by atoms with E-state index in [1.165, 1.54) is 39.5 Å². The molecule has 2 aromatic carbocycles. The summed E-state index contributed by atoms with van der Waals surface area (Å²) in [6, 6.07) is 9.01. The molecule has 0 aliphatic carbocycles. The Kier molecular flexibility index (Phi) is 6.56. The van der Waals surface area contributed by atoms with Gasteiger partial charge in [-0.05, 0) is 36.8 Å². The molecule has 0 aliphatic heterocycles. The summed E-state index contributed by atoms with van der Waals surface area (Å²) in [6.07, 6.45) is 0. The zero-order chi connectivity index (χ0) is 20.2. The standard InChI is InChI=1S/C18H20ClNO6S/c1-12-14(19)6-5-7-15(12)20(11-18(21)26-4)27(22,23)13-8-9-16(24-2)17(10-13)25-3/h5-10H,11H2,1-4H3. The predicted molar refractivity (Wildman–Crippen MR) is 102 cm³/mol. The van der Waals surface area contributed by atoms with Gasteiger partial charge in [0, 0.05) is 11.1 Å². The van der Waals surface area contributed by atoms with Gasteiger partial charge in [0.1, 0.15) is 6.54 Å². The first kappa shape index (κ1) is 20.9. The van der Waals surface area contributed by atoms with E-state index in [-0.39, 0.29) is 16.3 Å². The highest BCUT2D eigenvalue weighted by Crippen LogP contribution is 2.34. The first-order chi connectivity index (χ1) is 12.8. The number of esters is 1. The summed E-state index contributed by atoms with van der Waals surface area (Å²) in [7, 11) is -0.0753. The maximum atomic E-state index is 13.3. The molecule has 0 aliphatic rings. The second-order valence-corrected chi connectivity index (χ2v) is 7.76. The first-order valence-corrected chi connectivity index (χ1v) is 9.64. The number of anilines is 1. The van der Waals surface area contributed by atoms with Gasteiger partial charge in [-0.25, -0.2) is 8.42 Å². The number of sulfonamides is 1. The van der Waals surface area contributed by atoms with Crippen LogP contribution in [0, 0.1) is 6.92 Å². The molecule has 0 amide bonds. The van der Waals surface area contributed by atoms with Crippen molar-refractivity contribution in [1.82, 2.24) is 0 Å². The predicted octanol–water partition coefficient (Wildman–Crippen LogP) is 3.03. The molecule has 0 bridgehead atoms. The van der Waals surface area contributed by atoms with Gasteiger partial charge in [0.05, 0.1) is 31.9 Å². The molecular weight excluding hydrogens is 394 g/mol. The summed E-state index contributed by atoms with van der Waals surface area (Å²) in [5.41, 5.74) is 0.801. The number of hydrogen-bond acceptors (Lipinski definition) is 6. The number of ether oxygens (including phenoxy) is 3. The number of rotatable bonds is 7. The molecule has 0 saturated heterocycles. The van der Waals surface area contributed by atoms with Gasteiger partial charge in [0.2, 0.25) is 0 Å². The Labute approximate surface area is 163 Å². The number of halogens is 1. The maximum absolute atomic E-state index is 13.3. The van der Waals surface area contributed by atoms with Crippen LogP contribution in [0.15, 0.2) is 41.3 Å². The van der Waals surface area contributed by atoms with Gasteiger partial charge in [-0.1, -0.05) is 17.7 Å². The molecule has 27 heavy (non-hydrogen) atoms. The van der Waals surface area contributed by atoms with E-state index in [1.807, 2.05) is 0 Å². The molecule has 0 fully saturated rings. The van der Waals surface area contributed by atoms with Crippen molar-refractivity contribution in [2.24, 2.45) is 0 Å². The van der Waals surface area contributed by atoms with Crippen LogP contribution in [0.25, 0.3) is 0 Å². The Balaban J connectivity index is 2.63. The van der Waals surface area contributed by atoms with E-state index in [4.69, 9.17) is 21.1 Å². The topological polar surface area (TPSA) is 82.1 Å². The van der Waals surface area contributed by atoms with Crippen LogP contribution in [0.2, 0.25) is 5.02 Å². The van der Waals surface area contributed by atoms with Crippen LogP contribution in [-0.2, 0) is 19.6 Å². The smallest absolute Gasteiger partial charge is 0.326 e. The number of carbonyl (C=O) groups excluding carboxylic acids is 1. The van der Waals surface area contributed by atoms with Gasteiger partial charge in [0.25, 0.3) is 10.0 Å². The van der Waals surface area contributed by atoms with Crippen molar-refractivity contribution >= 4 is 33.3 Å².